The largest absolute Gasteiger partial charge is 0.494 e. The zero-order valence-electron chi connectivity index (χ0n) is 20.8. The molecule has 0 spiro atoms. The zero-order chi connectivity index (χ0) is 24.2. The van der Waals surface area contributed by atoms with E-state index in [0.717, 1.165) is 58.1 Å². The maximum atomic E-state index is 15.8. The summed E-state index contributed by atoms with van der Waals surface area (Å²) in [6.45, 7) is 11.7. The number of hydrogen-bond acceptors (Lipinski definition) is 9. The second-order valence-corrected chi connectivity index (χ2v) is 9.28. The van der Waals surface area contributed by atoms with Gasteiger partial charge in [0.05, 0.1) is 19.8 Å². The number of piperazine rings is 2. The molecular formula is C25H36FN7O2. The molecule has 5 rings (SSSR count). The molecule has 2 aromatic rings. The summed E-state index contributed by atoms with van der Waals surface area (Å²) in [5.41, 5.74) is 1.18. The third-order valence-electron chi connectivity index (χ3n) is 6.99. The van der Waals surface area contributed by atoms with E-state index in [0.29, 0.717) is 50.5 Å². The molecule has 4 heterocycles. The van der Waals surface area contributed by atoms with Gasteiger partial charge in [0, 0.05) is 71.1 Å². The van der Waals surface area contributed by atoms with E-state index in [1.165, 1.54) is 5.69 Å². The minimum absolute atomic E-state index is 0.312. The highest BCUT2D eigenvalue weighted by Crippen LogP contribution is 2.30. The molecule has 3 aliphatic heterocycles. The van der Waals surface area contributed by atoms with Crippen LogP contribution in [0.25, 0.3) is 0 Å². The topological polar surface area (TPSA) is 60.4 Å². The molecule has 0 bridgehead atoms. The summed E-state index contributed by atoms with van der Waals surface area (Å²) in [7, 11) is 2.10. The highest BCUT2D eigenvalue weighted by molar-refractivity contribution is 5.58. The van der Waals surface area contributed by atoms with Gasteiger partial charge in [-0.2, -0.15) is 14.4 Å². The van der Waals surface area contributed by atoms with Gasteiger partial charge in [-0.3, -0.25) is 0 Å². The molecule has 1 aromatic carbocycles. The Morgan fingerprint density at radius 3 is 1.91 bits per heavy atom. The van der Waals surface area contributed by atoms with Gasteiger partial charge >= 0.3 is 0 Å². The summed E-state index contributed by atoms with van der Waals surface area (Å²) in [6.07, 6.45) is 0. The highest BCUT2D eigenvalue weighted by atomic mass is 19.1. The lowest BCUT2D eigenvalue weighted by atomic mass is 10.2. The van der Waals surface area contributed by atoms with E-state index in [2.05, 4.69) is 38.8 Å². The van der Waals surface area contributed by atoms with Crippen LogP contribution in [0.5, 0.6) is 5.75 Å². The van der Waals surface area contributed by atoms with Gasteiger partial charge in [0.15, 0.2) is 11.6 Å². The summed E-state index contributed by atoms with van der Waals surface area (Å²) in [5.74, 6) is 2.03. The van der Waals surface area contributed by atoms with Gasteiger partial charge in [-0.25, -0.2) is 0 Å². The molecule has 0 aliphatic carbocycles. The normalized spacial score (nSPS) is 19.9. The molecule has 3 saturated heterocycles. The SMILES string of the molecule is CCOc1ccc(N2CCN(c3nc(N4CCOCC4)c(F)c(N4CCN(C)CC4)n3)CC2)cc1. The molecule has 0 atom stereocenters. The van der Waals surface area contributed by atoms with Gasteiger partial charge in [-0.05, 0) is 38.2 Å². The Labute approximate surface area is 207 Å². The number of aromatic nitrogens is 2. The fourth-order valence-electron chi connectivity index (χ4n) is 4.85. The van der Waals surface area contributed by atoms with Crippen LogP contribution in [-0.2, 0) is 4.74 Å². The van der Waals surface area contributed by atoms with Crippen LogP contribution in [0.3, 0.4) is 0 Å². The zero-order valence-corrected chi connectivity index (χ0v) is 20.8. The van der Waals surface area contributed by atoms with E-state index in [1.807, 2.05) is 24.0 Å². The van der Waals surface area contributed by atoms with Gasteiger partial charge in [0.1, 0.15) is 5.75 Å². The molecule has 35 heavy (non-hydrogen) atoms. The van der Waals surface area contributed by atoms with E-state index >= 15 is 4.39 Å². The molecule has 0 radical (unpaired) electrons. The highest BCUT2D eigenvalue weighted by Gasteiger charge is 2.29. The van der Waals surface area contributed by atoms with Crippen molar-refractivity contribution in [3.8, 4) is 5.75 Å². The van der Waals surface area contributed by atoms with Crippen molar-refractivity contribution in [1.29, 1.82) is 0 Å². The van der Waals surface area contributed by atoms with Gasteiger partial charge in [-0.15, -0.1) is 0 Å². The quantitative estimate of drug-likeness (QED) is 0.611. The van der Waals surface area contributed by atoms with Crippen LogP contribution in [0.15, 0.2) is 24.3 Å². The maximum Gasteiger partial charge on any atom is 0.229 e. The fraction of sp³-hybridized carbons (Fsp3) is 0.600. The van der Waals surface area contributed by atoms with Crippen molar-refractivity contribution in [3.63, 3.8) is 0 Å². The second-order valence-electron chi connectivity index (χ2n) is 9.28. The first-order valence-corrected chi connectivity index (χ1v) is 12.7. The van der Waals surface area contributed by atoms with Crippen molar-refractivity contribution in [2.45, 2.75) is 6.92 Å². The predicted octanol–water partition coefficient (Wildman–Crippen LogP) is 1.93. The summed E-state index contributed by atoms with van der Waals surface area (Å²) in [4.78, 5) is 20.4. The van der Waals surface area contributed by atoms with Crippen LogP contribution in [-0.4, -0.2) is 107 Å². The van der Waals surface area contributed by atoms with Crippen LogP contribution in [0, 0.1) is 5.82 Å². The van der Waals surface area contributed by atoms with Crippen molar-refractivity contribution in [3.05, 3.63) is 30.1 Å². The number of morpholine rings is 1. The monoisotopic (exact) mass is 485 g/mol. The Hall–Kier alpha value is -2.85. The minimum atomic E-state index is -0.312. The lowest BCUT2D eigenvalue weighted by molar-refractivity contribution is 0.122. The molecule has 0 saturated carbocycles. The first kappa shape index (κ1) is 23.9. The Morgan fingerprint density at radius 2 is 1.31 bits per heavy atom. The molecule has 9 nitrogen and oxygen atoms in total. The van der Waals surface area contributed by atoms with Gasteiger partial charge in [0.2, 0.25) is 11.8 Å². The number of benzene rings is 1. The van der Waals surface area contributed by atoms with Gasteiger partial charge < -0.3 is 34.0 Å². The molecule has 0 amide bonds. The predicted molar refractivity (Wildman–Crippen MR) is 137 cm³/mol. The molecular weight excluding hydrogens is 449 g/mol. The summed E-state index contributed by atoms with van der Waals surface area (Å²) in [5, 5.41) is 0. The Morgan fingerprint density at radius 1 is 0.771 bits per heavy atom. The standard InChI is InChI=1S/C25H36FN7O2/c1-3-35-21-6-4-20(5-7-21)30-12-14-33(15-13-30)25-27-23(31-10-8-29(2)9-11-31)22(26)24(28-25)32-16-18-34-19-17-32/h4-7H,3,8-19H2,1-2H3. The average molecular weight is 486 g/mol. The fourth-order valence-corrected chi connectivity index (χ4v) is 4.85. The molecule has 1 aromatic heterocycles. The maximum absolute atomic E-state index is 15.8. The van der Waals surface area contributed by atoms with Crippen molar-refractivity contribution < 1.29 is 13.9 Å². The Bertz CT molecular complexity index is 971. The number of nitrogens with zero attached hydrogens (tertiary/aromatic N) is 7. The van der Waals surface area contributed by atoms with Crippen LogP contribution in [0.4, 0.5) is 27.7 Å². The van der Waals surface area contributed by atoms with Crippen LogP contribution in [0.2, 0.25) is 0 Å². The van der Waals surface area contributed by atoms with Gasteiger partial charge in [-0.1, -0.05) is 0 Å². The molecule has 3 fully saturated rings. The number of rotatable bonds is 6. The third kappa shape index (κ3) is 5.38. The third-order valence-corrected chi connectivity index (χ3v) is 6.99. The Kier molecular flexibility index (Phi) is 7.38. The van der Waals surface area contributed by atoms with E-state index in [4.69, 9.17) is 19.4 Å². The molecule has 3 aliphatic rings. The number of anilines is 4. The lowest BCUT2D eigenvalue weighted by Crippen LogP contribution is -2.48. The number of halogens is 1. The van der Waals surface area contributed by atoms with Crippen LogP contribution < -0.4 is 24.3 Å². The van der Waals surface area contributed by atoms with Crippen molar-refractivity contribution in [1.82, 2.24) is 14.9 Å². The second kappa shape index (κ2) is 10.8. The van der Waals surface area contributed by atoms with Crippen molar-refractivity contribution in [2.75, 3.05) is 112 Å². The number of hydrogen-bond donors (Lipinski definition) is 0. The van der Waals surface area contributed by atoms with Crippen LogP contribution >= 0.6 is 0 Å². The average Bonchev–Trinajstić information content (AvgIpc) is 2.91. The lowest BCUT2D eigenvalue weighted by Gasteiger charge is -2.38. The van der Waals surface area contributed by atoms with E-state index in [-0.39, 0.29) is 5.82 Å². The molecule has 0 unspecified atom stereocenters. The number of ether oxygens (including phenoxy) is 2. The minimum Gasteiger partial charge on any atom is -0.494 e. The summed E-state index contributed by atoms with van der Waals surface area (Å²) < 4.78 is 26.8. The summed E-state index contributed by atoms with van der Waals surface area (Å²) >= 11 is 0. The first-order chi connectivity index (χ1) is 17.1. The molecule has 0 N–H and O–H groups in total. The molecule has 190 valence electrons. The summed E-state index contributed by atoms with van der Waals surface area (Å²) in [6, 6.07) is 8.25. The molecule has 10 heteroatoms. The number of likely N-dealkylation sites (N-methyl/N-ethyl adjacent to an activating group) is 1. The smallest absolute Gasteiger partial charge is 0.229 e. The Balaban J connectivity index is 1.35. The van der Waals surface area contributed by atoms with E-state index < -0.39 is 0 Å². The van der Waals surface area contributed by atoms with Crippen molar-refractivity contribution >= 4 is 23.3 Å². The van der Waals surface area contributed by atoms with E-state index in [9.17, 15) is 0 Å². The van der Waals surface area contributed by atoms with Crippen molar-refractivity contribution in [2.24, 2.45) is 0 Å². The van der Waals surface area contributed by atoms with E-state index in [1.54, 1.807) is 0 Å². The van der Waals surface area contributed by atoms with Crippen LogP contribution in [0.1, 0.15) is 6.92 Å². The first-order valence-electron chi connectivity index (χ1n) is 12.7. The van der Waals surface area contributed by atoms with Gasteiger partial charge in [0.25, 0.3) is 0 Å².